The number of nitrogen functional groups attached to an aromatic ring is 1. The number of aldehydes is 2. The second kappa shape index (κ2) is 74.8. The maximum Gasteiger partial charge on any atom is 2.00 e. The number of nitrogens with two attached hydrogens (primary N) is 1. The summed E-state index contributed by atoms with van der Waals surface area (Å²) in [6, 6.07) is 30.7. The van der Waals surface area contributed by atoms with Crippen molar-refractivity contribution in [3.8, 4) is 0 Å². The van der Waals surface area contributed by atoms with Crippen molar-refractivity contribution in [2.75, 3.05) is 45.1 Å². The Morgan fingerprint density at radius 3 is 1.21 bits per heavy atom. The second-order valence-electron chi connectivity index (χ2n) is 15.1. The molecule has 0 amide bonds. The molecule has 22 heteroatoms. The third kappa shape index (κ3) is 63.1. The summed E-state index contributed by atoms with van der Waals surface area (Å²) in [4.78, 5) is 108. The minimum atomic E-state index is -0.359. The molecule has 2 N–H and O–H groups in total. The molecule has 0 atom stereocenters. The summed E-state index contributed by atoms with van der Waals surface area (Å²) < 4.78 is 23.0. The average Bonchev–Trinajstić information content (AvgIpc) is 3.72. The molecule has 0 spiro atoms. The van der Waals surface area contributed by atoms with E-state index in [1.165, 1.54) is 32.4 Å². The number of carbonyl (C=O) groups is 7. The Balaban J connectivity index is -0.000000143. The van der Waals surface area contributed by atoms with Crippen molar-refractivity contribution < 1.29 is 93.4 Å². The first-order chi connectivity index (χ1) is 40.8. The normalized spacial score (nSPS) is 8.87. The molecule has 0 heterocycles. The van der Waals surface area contributed by atoms with Gasteiger partial charge in [0, 0.05) is 52.4 Å². The molecule has 0 bridgehead atoms. The SMILES string of the molecule is C=CC(=O)OCC.C=CCCc1ccccc1C=O.C=C[CH2-].CCC(=O)OC.CCOC(=O)/C=C/CCc1ccccc1/C=C(\C)C(=O)OC.CCOC(=O)/C=C/CCc1ccccc1C=O.ClCCl.Nc1ccccc1CBr.O=C=O.O=C=O.[Br-].[Mg+2]. The molecule has 0 radical (unpaired) electrons. The fourth-order valence-corrected chi connectivity index (χ4v) is 6.10. The zero-order valence-corrected chi connectivity index (χ0v) is 56.8. The average molecular weight is 1390 g/mol. The van der Waals surface area contributed by atoms with Crippen molar-refractivity contribution in [3.63, 3.8) is 0 Å². The van der Waals surface area contributed by atoms with Crippen LogP contribution in [0.1, 0.15) is 109 Å². The maximum atomic E-state index is 11.5. The first-order valence-corrected chi connectivity index (χ1v) is 28.0. The number of esters is 5. The van der Waals surface area contributed by atoms with Gasteiger partial charge in [0.2, 0.25) is 0 Å². The molecule has 0 aliphatic heterocycles. The summed E-state index contributed by atoms with van der Waals surface area (Å²) in [5.74, 6) is -1.50. The van der Waals surface area contributed by atoms with E-state index in [4.69, 9.17) is 62.3 Å². The number of methoxy groups -OCH3 is 2. The predicted octanol–water partition coefficient (Wildman–Crippen LogP) is 9.84. The van der Waals surface area contributed by atoms with Gasteiger partial charge in [-0.3, -0.25) is 14.4 Å². The van der Waals surface area contributed by atoms with Crippen molar-refractivity contribution >= 4 is 129 Å². The van der Waals surface area contributed by atoms with Gasteiger partial charge in [-0.25, -0.2) is 38.8 Å². The first kappa shape index (κ1) is 96.1. The molecule has 87 heavy (non-hydrogen) atoms. The molecule has 0 aliphatic rings. The van der Waals surface area contributed by atoms with Crippen LogP contribution in [0.25, 0.3) is 6.08 Å². The van der Waals surface area contributed by atoms with Crippen molar-refractivity contribution in [1.82, 2.24) is 0 Å². The summed E-state index contributed by atoms with van der Waals surface area (Å²) in [5.41, 5.74) is 13.8. The van der Waals surface area contributed by atoms with Gasteiger partial charge in [-0.2, -0.15) is 19.2 Å². The van der Waals surface area contributed by atoms with Gasteiger partial charge in [0.05, 0.1) is 39.4 Å². The summed E-state index contributed by atoms with van der Waals surface area (Å²) in [5, 5.41) is 1.03. The van der Waals surface area contributed by atoms with Crippen LogP contribution in [0.5, 0.6) is 0 Å². The molecule has 4 aromatic rings. The zero-order chi connectivity index (χ0) is 65.9. The number of hydrogen-bond acceptors (Lipinski definition) is 17. The van der Waals surface area contributed by atoms with Gasteiger partial charge >= 0.3 is 65.2 Å². The Morgan fingerprint density at radius 2 is 0.931 bits per heavy atom. The molecule has 0 aromatic heterocycles. The number of para-hydroxylation sites is 1. The van der Waals surface area contributed by atoms with Gasteiger partial charge in [0.1, 0.15) is 12.6 Å². The van der Waals surface area contributed by atoms with E-state index in [0.29, 0.717) is 43.8 Å². The first-order valence-electron chi connectivity index (χ1n) is 25.8. The van der Waals surface area contributed by atoms with Gasteiger partial charge in [-0.1, -0.05) is 139 Å². The van der Waals surface area contributed by atoms with Crippen LogP contribution in [-0.4, -0.2) is 117 Å². The van der Waals surface area contributed by atoms with Crippen molar-refractivity contribution in [2.45, 2.75) is 84.9 Å². The molecule has 0 unspecified atom stereocenters. The number of hydrogen-bond donors (Lipinski definition) is 1. The Hall–Kier alpha value is -7.25. The van der Waals surface area contributed by atoms with Crippen LogP contribution in [0, 0.1) is 6.92 Å². The van der Waals surface area contributed by atoms with E-state index >= 15 is 0 Å². The predicted molar refractivity (Wildman–Crippen MR) is 343 cm³/mol. The summed E-state index contributed by atoms with van der Waals surface area (Å²) >= 11 is 12.9. The molecule has 4 rings (SSSR count). The largest absolute Gasteiger partial charge is 2.00 e. The smallest absolute Gasteiger partial charge is 1.00 e. The van der Waals surface area contributed by atoms with Gasteiger partial charge in [-0.05, 0) is 106 Å². The number of benzene rings is 4. The van der Waals surface area contributed by atoms with Crippen LogP contribution < -0.4 is 22.7 Å². The van der Waals surface area contributed by atoms with Crippen LogP contribution >= 0.6 is 39.1 Å². The summed E-state index contributed by atoms with van der Waals surface area (Å²) in [7, 11) is 2.75. The minimum absolute atomic E-state index is 0. The fraction of sp³-hybridized carbons (Fsp3) is 0.292. The molecular formula is C65H81Br2Cl2MgNO16. The minimum Gasteiger partial charge on any atom is -1.00 e. The zero-order valence-electron chi connectivity index (χ0n) is 50.7. The third-order valence-electron chi connectivity index (χ3n) is 9.33. The molecule has 17 nitrogen and oxygen atoms in total. The van der Waals surface area contributed by atoms with Crippen molar-refractivity contribution in [2.24, 2.45) is 0 Å². The number of alkyl halides is 3. The van der Waals surface area contributed by atoms with Gasteiger partial charge in [0.25, 0.3) is 0 Å². The number of halogens is 4. The topological polar surface area (TPSA) is 260 Å². The van der Waals surface area contributed by atoms with Crippen molar-refractivity contribution in [1.29, 1.82) is 0 Å². The molecule has 0 aliphatic carbocycles. The Bertz CT molecular complexity index is 2630. The molecule has 4 aromatic carbocycles. The Morgan fingerprint density at radius 1 is 0.598 bits per heavy atom. The van der Waals surface area contributed by atoms with Crippen LogP contribution in [0.15, 0.2) is 165 Å². The van der Waals surface area contributed by atoms with E-state index in [1.54, 1.807) is 52.8 Å². The van der Waals surface area contributed by atoms with Gasteiger partial charge in [0.15, 0.2) is 0 Å². The standard InChI is InChI=1S/C18H22O4.C14H16O3.C11H12O.C7H8BrN.C5H8O2.C4H8O2.C3H5.CH2Cl2.2CO2.BrH.Mg/c1-4-22-17(19)12-8-7-10-15-9-5-6-11-16(15)13-14(2)18(20)21-3;1-2-17-14(16)10-6-5-8-12-7-3-4-9-13(12)11-15;1-2-3-6-10-7-4-5-8-11(10)9-12;8-5-6-3-1-2-4-7(6)9;1-3-5(6)7-4-2;1-3-4(5)6-2;1-3-2;3*2-1-3;;/h5-6,8-9,11-13H,4,7,10H2,1-3H3;3-4,6-7,9-11H,2,5,8H2,1H3;2,4-5,7-9H,1,3,6H2;1-4H,5,9H2;3H,1,4H2,2H3;3H2,1-2H3;3H,1-2H2;1H2;;;1H;/q;;;;;;-1;;;;;+2/p-1/b12-8+,14-13+;10-6+;;;;;;;;;;. The summed E-state index contributed by atoms with van der Waals surface area (Å²) in [6.45, 7) is 23.3. The van der Waals surface area contributed by atoms with E-state index in [-0.39, 0.29) is 87.5 Å². The van der Waals surface area contributed by atoms with E-state index in [1.807, 2.05) is 103 Å². The van der Waals surface area contributed by atoms with Crippen LogP contribution in [0.3, 0.4) is 0 Å². The second-order valence-corrected chi connectivity index (χ2v) is 16.5. The molecular weight excluding hydrogens is 1310 g/mol. The quantitative estimate of drug-likeness (QED) is 0.00936. The van der Waals surface area contributed by atoms with Gasteiger partial charge in [-0.15, -0.1) is 29.8 Å². The van der Waals surface area contributed by atoms with Crippen LogP contribution in [-0.2, 0) is 91.4 Å². The molecule has 0 saturated heterocycles. The van der Waals surface area contributed by atoms with E-state index < -0.39 is 0 Å². The number of rotatable bonds is 21. The van der Waals surface area contributed by atoms with E-state index in [2.05, 4.69) is 52.1 Å². The van der Waals surface area contributed by atoms with Crippen molar-refractivity contribution in [3.05, 3.63) is 211 Å². The number of aryl methyl sites for hydroxylation is 3. The number of carbonyl (C=O) groups excluding carboxylic acids is 11. The maximum absolute atomic E-state index is 11.5. The number of allylic oxidation sites excluding steroid dienone is 4. The fourth-order valence-electron chi connectivity index (χ4n) is 5.59. The Kier molecular flexibility index (Phi) is 82.6. The van der Waals surface area contributed by atoms with Crippen LogP contribution in [0.2, 0.25) is 0 Å². The molecule has 0 fully saturated rings. The number of anilines is 1. The summed E-state index contributed by atoms with van der Waals surface area (Å²) in [6.07, 6.45) is 20.2. The number of ether oxygens (including phenoxy) is 5. The monoisotopic (exact) mass is 1380 g/mol. The molecule has 0 saturated carbocycles. The Labute approximate surface area is 558 Å². The van der Waals surface area contributed by atoms with Crippen LogP contribution in [0.4, 0.5) is 5.69 Å². The molecule has 472 valence electrons. The van der Waals surface area contributed by atoms with E-state index in [0.717, 1.165) is 95.2 Å². The third-order valence-corrected chi connectivity index (χ3v) is 9.93. The van der Waals surface area contributed by atoms with Gasteiger partial charge < -0.3 is 46.4 Å². The van der Waals surface area contributed by atoms with E-state index in [9.17, 15) is 33.6 Å².